The fourth-order valence-electron chi connectivity index (χ4n) is 3.61. The third-order valence-electron chi connectivity index (χ3n) is 5.27. The van der Waals surface area contributed by atoms with Crippen molar-refractivity contribution in [2.45, 2.75) is 38.9 Å². The number of nitrogens with one attached hydrogen (secondary N) is 1. The molecule has 2 N–H and O–H groups in total. The molecule has 176 valence electrons. The number of halogens is 3. The van der Waals surface area contributed by atoms with E-state index in [1.165, 1.54) is 17.7 Å². The SMILES string of the molecule is CCCc1ccc(C#Cc2ccc(Cc3cc(CNCC(=O)O)ccc3C(F)(F)F)cc2)cc1. The van der Waals surface area contributed by atoms with Gasteiger partial charge in [0.1, 0.15) is 0 Å². The Morgan fingerprint density at radius 2 is 1.44 bits per heavy atom. The number of hydrogen-bond donors (Lipinski definition) is 2. The molecule has 0 fully saturated rings. The van der Waals surface area contributed by atoms with Crippen LogP contribution in [0.1, 0.15) is 52.3 Å². The summed E-state index contributed by atoms with van der Waals surface area (Å²) in [6, 6.07) is 19.2. The van der Waals surface area contributed by atoms with Crippen LogP contribution < -0.4 is 5.32 Å². The summed E-state index contributed by atoms with van der Waals surface area (Å²) in [4.78, 5) is 10.7. The Morgan fingerprint density at radius 3 is 1.97 bits per heavy atom. The van der Waals surface area contributed by atoms with Gasteiger partial charge in [0.05, 0.1) is 12.1 Å². The average Bonchev–Trinajstić information content (AvgIpc) is 2.79. The molecule has 3 nitrogen and oxygen atoms in total. The van der Waals surface area contributed by atoms with Gasteiger partial charge >= 0.3 is 12.1 Å². The van der Waals surface area contributed by atoms with E-state index in [4.69, 9.17) is 5.11 Å². The summed E-state index contributed by atoms with van der Waals surface area (Å²) in [6.45, 7) is 2.05. The second kappa shape index (κ2) is 11.5. The van der Waals surface area contributed by atoms with E-state index in [-0.39, 0.29) is 25.1 Å². The van der Waals surface area contributed by atoms with Crippen molar-refractivity contribution in [2.75, 3.05) is 6.54 Å². The maximum atomic E-state index is 13.5. The highest BCUT2D eigenvalue weighted by atomic mass is 19.4. The molecule has 0 saturated carbocycles. The predicted octanol–water partition coefficient (Wildman–Crippen LogP) is 5.82. The highest BCUT2D eigenvalue weighted by molar-refractivity contribution is 5.69. The number of carboxylic acids is 1. The molecule has 3 rings (SSSR count). The van der Waals surface area contributed by atoms with Gasteiger partial charge in [0.2, 0.25) is 0 Å². The number of benzene rings is 3. The first kappa shape index (κ1) is 25.1. The number of rotatable bonds is 8. The van der Waals surface area contributed by atoms with E-state index in [9.17, 15) is 18.0 Å². The third kappa shape index (κ3) is 7.50. The molecule has 6 heteroatoms. The summed E-state index contributed by atoms with van der Waals surface area (Å²) >= 11 is 0. The average molecular weight is 466 g/mol. The summed E-state index contributed by atoms with van der Waals surface area (Å²) in [5.74, 6) is 5.19. The lowest BCUT2D eigenvalue weighted by atomic mass is 9.96. The van der Waals surface area contributed by atoms with Crippen molar-refractivity contribution >= 4 is 5.97 Å². The molecule has 0 unspecified atom stereocenters. The lowest BCUT2D eigenvalue weighted by molar-refractivity contribution is -0.138. The van der Waals surface area contributed by atoms with Crippen molar-refractivity contribution in [2.24, 2.45) is 0 Å². The molecule has 34 heavy (non-hydrogen) atoms. The highest BCUT2D eigenvalue weighted by Gasteiger charge is 2.33. The van der Waals surface area contributed by atoms with Crippen LogP contribution in [0.2, 0.25) is 0 Å². The van der Waals surface area contributed by atoms with Gasteiger partial charge in [0, 0.05) is 17.7 Å². The van der Waals surface area contributed by atoms with Crippen molar-refractivity contribution in [1.82, 2.24) is 5.32 Å². The topological polar surface area (TPSA) is 49.3 Å². The van der Waals surface area contributed by atoms with Crippen molar-refractivity contribution in [1.29, 1.82) is 0 Å². The smallest absolute Gasteiger partial charge is 0.416 e. The van der Waals surface area contributed by atoms with Gasteiger partial charge < -0.3 is 10.4 Å². The molecule has 0 aliphatic heterocycles. The van der Waals surface area contributed by atoms with E-state index in [2.05, 4.69) is 36.2 Å². The zero-order valence-corrected chi connectivity index (χ0v) is 18.9. The van der Waals surface area contributed by atoms with Crippen LogP contribution in [-0.4, -0.2) is 17.6 Å². The van der Waals surface area contributed by atoms with Crippen LogP contribution in [0.15, 0.2) is 66.7 Å². The van der Waals surface area contributed by atoms with E-state index in [0.29, 0.717) is 5.56 Å². The van der Waals surface area contributed by atoms with E-state index in [1.807, 2.05) is 12.1 Å². The molecule has 0 saturated heterocycles. The maximum Gasteiger partial charge on any atom is 0.416 e. The fourth-order valence-corrected chi connectivity index (χ4v) is 3.61. The van der Waals surface area contributed by atoms with Crippen LogP contribution in [-0.2, 0) is 30.4 Å². The second-order valence-corrected chi connectivity index (χ2v) is 8.06. The molecular formula is C28H26F3NO2. The number of hydrogen-bond acceptors (Lipinski definition) is 2. The van der Waals surface area contributed by atoms with Gasteiger partial charge in [-0.15, -0.1) is 0 Å². The highest BCUT2D eigenvalue weighted by Crippen LogP contribution is 2.33. The first-order valence-corrected chi connectivity index (χ1v) is 11.1. The molecule has 0 spiro atoms. The lowest BCUT2D eigenvalue weighted by Crippen LogP contribution is -2.22. The van der Waals surface area contributed by atoms with Gasteiger partial charge in [-0.3, -0.25) is 4.79 Å². The van der Waals surface area contributed by atoms with Gasteiger partial charge in [0.25, 0.3) is 0 Å². The van der Waals surface area contributed by atoms with Gasteiger partial charge in [-0.2, -0.15) is 13.2 Å². The number of aryl methyl sites for hydroxylation is 1. The van der Waals surface area contributed by atoms with E-state index in [1.54, 1.807) is 24.3 Å². The van der Waals surface area contributed by atoms with Crippen LogP contribution in [0.3, 0.4) is 0 Å². The molecule has 3 aromatic carbocycles. The van der Waals surface area contributed by atoms with E-state index in [0.717, 1.165) is 35.6 Å². The van der Waals surface area contributed by atoms with Crippen LogP contribution >= 0.6 is 0 Å². The Hall–Kier alpha value is -3.56. The Kier molecular flexibility index (Phi) is 8.50. The Balaban J connectivity index is 1.74. The van der Waals surface area contributed by atoms with E-state index >= 15 is 0 Å². The van der Waals surface area contributed by atoms with Gasteiger partial charge in [-0.1, -0.05) is 61.6 Å². The third-order valence-corrected chi connectivity index (χ3v) is 5.27. The van der Waals surface area contributed by atoms with Crippen LogP contribution in [0.5, 0.6) is 0 Å². The molecule has 0 bridgehead atoms. The van der Waals surface area contributed by atoms with E-state index < -0.39 is 17.7 Å². The molecule has 0 radical (unpaired) electrons. The molecule has 0 aliphatic carbocycles. The summed E-state index contributed by atoms with van der Waals surface area (Å²) in [6.07, 6.45) is -2.24. The van der Waals surface area contributed by atoms with Crippen molar-refractivity contribution in [3.8, 4) is 11.8 Å². The monoisotopic (exact) mass is 465 g/mol. The number of carboxylic acid groups (broad SMARTS) is 1. The first-order chi connectivity index (χ1) is 16.2. The molecular weight excluding hydrogens is 439 g/mol. The minimum Gasteiger partial charge on any atom is -0.480 e. The van der Waals surface area contributed by atoms with Crippen molar-refractivity contribution < 1.29 is 23.1 Å². The van der Waals surface area contributed by atoms with Crippen LogP contribution in [0.4, 0.5) is 13.2 Å². The maximum absolute atomic E-state index is 13.5. The van der Waals surface area contributed by atoms with Gasteiger partial charge in [-0.05, 0) is 65.4 Å². The fraction of sp³-hybridized carbons (Fsp3) is 0.250. The van der Waals surface area contributed by atoms with Crippen molar-refractivity contribution in [3.05, 3.63) is 106 Å². The van der Waals surface area contributed by atoms with Gasteiger partial charge in [0.15, 0.2) is 0 Å². The summed E-state index contributed by atoms with van der Waals surface area (Å²) in [5, 5.41) is 11.4. The standard InChI is InChI=1S/C28H26F3NO2/c1-2-3-20-4-6-21(7-5-20)8-9-22-10-12-23(13-11-22)16-25-17-24(18-32-19-27(33)34)14-15-26(25)28(29,30)31/h4-7,10-15,17,32H,2-3,16,18-19H2,1H3,(H,33,34). The molecule has 3 aromatic rings. The minimum absolute atomic E-state index is 0.105. The molecule has 0 amide bonds. The van der Waals surface area contributed by atoms with Crippen LogP contribution in [0.25, 0.3) is 0 Å². The number of aliphatic carboxylic acids is 1. The summed E-state index contributed by atoms with van der Waals surface area (Å²) in [7, 11) is 0. The molecule has 0 heterocycles. The van der Waals surface area contributed by atoms with Gasteiger partial charge in [-0.25, -0.2) is 0 Å². The largest absolute Gasteiger partial charge is 0.480 e. The Labute approximate surface area is 197 Å². The zero-order chi connectivity index (χ0) is 24.6. The number of alkyl halides is 3. The quantitative estimate of drug-likeness (QED) is 0.412. The first-order valence-electron chi connectivity index (χ1n) is 11.1. The van der Waals surface area contributed by atoms with Crippen LogP contribution in [0, 0.1) is 11.8 Å². The number of carbonyl (C=O) groups is 1. The predicted molar refractivity (Wildman–Crippen MR) is 126 cm³/mol. The zero-order valence-electron chi connectivity index (χ0n) is 18.9. The minimum atomic E-state index is -4.47. The Morgan fingerprint density at radius 1 is 0.882 bits per heavy atom. The Bertz CT molecular complexity index is 1170. The normalized spacial score (nSPS) is 11.1. The molecule has 0 atom stereocenters. The second-order valence-electron chi connectivity index (χ2n) is 8.06. The summed E-state index contributed by atoms with van der Waals surface area (Å²) < 4.78 is 40.6. The lowest BCUT2D eigenvalue weighted by Gasteiger charge is -2.15. The van der Waals surface area contributed by atoms with Crippen molar-refractivity contribution in [3.63, 3.8) is 0 Å². The summed E-state index contributed by atoms with van der Waals surface area (Å²) in [5.41, 5.74) is 3.75. The molecule has 0 aliphatic rings. The molecule has 0 aromatic heterocycles.